The van der Waals surface area contributed by atoms with E-state index in [9.17, 15) is 33.9 Å². The smallest absolute Gasteiger partial charge is 0.312 e. The molecule has 7 amide bonds. The van der Waals surface area contributed by atoms with Crippen molar-refractivity contribution in [2.45, 2.75) is 51.8 Å². The predicted octanol–water partition coefficient (Wildman–Crippen LogP) is -0.384. The fraction of sp³-hybridized carbons (Fsp3) is 0.727. The number of nitrogens with one attached hydrogen (secondary N) is 5. The van der Waals surface area contributed by atoms with E-state index in [2.05, 4.69) is 36.6 Å². The third-order valence-corrected chi connectivity index (χ3v) is 9.36. The van der Waals surface area contributed by atoms with Gasteiger partial charge in [0.2, 0.25) is 29.5 Å². The molecule has 0 aliphatic carbocycles. The quantitative estimate of drug-likeness (QED) is 0.0189. The number of rotatable bonds is 45. The largest absolute Gasteiger partial charge is 0.392 e. The fourth-order valence-electron chi connectivity index (χ4n) is 5.62. The number of benzene rings is 1. The number of likely N-dealkylation sites (N-methyl/N-ethyl adjacent to an activating group) is 1. The van der Waals surface area contributed by atoms with E-state index in [-0.39, 0.29) is 64.7 Å². The number of hydrogen-bond donors (Lipinski definition) is 7. The molecule has 398 valence electrons. The summed E-state index contributed by atoms with van der Waals surface area (Å²) < 4.78 is 48.9. The normalized spacial score (nSPS) is 11.8. The van der Waals surface area contributed by atoms with Gasteiger partial charge >= 0.3 is 6.03 Å². The molecule has 1 aromatic rings. The number of azide groups is 1. The third kappa shape index (κ3) is 34.9. The van der Waals surface area contributed by atoms with Crippen LogP contribution in [0.3, 0.4) is 0 Å². The molecule has 0 aliphatic heterocycles. The van der Waals surface area contributed by atoms with Gasteiger partial charge < -0.3 is 85.0 Å². The lowest BCUT2D eigenvalue weighted by molar-refractivity contribution is -0.135. The number of amides is 7. The molecular formula is C44H76N10O16. The van der Waals surface area contributed by atoms with Crippen LogP contribution in [0, 0.1) is 5.92 Å². The van der Waals surface area contributed by atoms with E-state index in [4.69, 9.17) is 53.9 Å². The minimum absolute atomic E-state index is 0.0414. The van der Waals surface area contributed by atoms with Crippen molar-refractivity contribution in [2.75, 3.05) is 157 Å². The average Bonchev–Trinajstić information content (AvgIpc) is 3.33. The first-order chi connectivity index (χ1) is 33.9. The van der Waals surface area contributed by atoms with Crippen LogP contribution in [0.15, 0.2) is 29.4 Å². The van der Waals surface area contributed by atoms with Gasteiger partial charge in [-0.05, 0) is 42.0 Å². The van der Waals surface area contributed by atoms with Crippen molar-refractivity contribution >= 4 is 41.3 Å². The summed E-state index contributed by atoms with van der Waals surface area (Å²) in [5.41, 5.74) is 14.5. The number of anilines is 1. The first-order valence-corrected chi connectivity index (χ1v) is 23.2. The number of primary amides is 1. The van der Waals surface area contributed by atoms with Gasteiger partial charge in [0.05, 0.1) is 139 Å². The van der Waals surface area contributed by atoms with Gasteiger partial charge in [0.25, 0.3) is 0 Å². The second-order valence-electron chi connectivity index (χ2n) is 15.4. The highest BCUT2D eigenvalue weighted by atomic mass is 16.6. The Balaban J connectivity index is 2.20. The van der Waals surface area contributed by atoms with Crippen LogP contribution in [0.1, 0.15) is 38.7 Å². The Kier molecular flexibility index (Phi) is 38.2. The molecule has 0 radical (unpaired) electrons. The number of hydrogen-bond acceptors (Lipinski definition) is 17. The van der Waals surface area contributed by atoms with Crippen molar-refractivity contribution in [3.63, 3.8) is 0 Å². The fourth-order valence-corrected chi connectivity index (χ4v) is 5.62. The topological polar surface area (TPSA) is 344 Å². The Morgan fingerprint density at radius 3 is 1.59 bits per heavy atom. The van der Waals surface area contributed by atoms with Gasteiger partial charge in [0.1, 0.15) is 12.1 Å². The molecule has 0 bridgehead atoms. The van der Waals surface area contributed by atoms with Gasteiger partial charge in [-0.25, -0.2) is 4.79 Å². The lowest BCUT2D eigenvalue weighted by Crippen LogP contribution is -2.56. The van der Waals surface area contributed by atoms with Gasteiger partial charge in [0, 0.05) is 37.2 Å². The van der Waals surface area contributed by atoms with E-state index in [0.717, 1.165) is 4.90 Å². The molecule has 0 aliphatic rings. The van der Waals surface area contributed by atoms with Crippen molar-refractivity contribution in [2.24, 2.45) is 16.8 Å². The lowest BCUT2D eigenvalue weighted by Gasteiger charge is -2.25. The second kappa shape index (κ2) is 42.6. The molecule has 0 spiro atoms. The van der Waals surface area contributed by atoms with Crippen LogP contribution in [0.4, 0.5) is 10.5 Å². The molecular weight excluding hydrogens is 925 g/mol. The highest BCUT2D eigenvalue weighted by molar-refractivity contribution is 5.96. The molecule has 26 nitrogen and oxygen atoms in total. The number of ether oxygens (including phenoxy) is 9. The number of aliphatic hydroxyl groups excluding tert-OH is 1. The van der Waals surface area contributed by atoms with Crippen LogP contribution in [0.25, 0.3) is 10.4 Å². The van der Waals surface area contributed by atoms with Crippen molar-refractivity contribution in [1.29, 1.82) is 0 Å². The Bertz CT molecular complexity index is 1640. The van der Waals surface area contributed by atoms with Gasteiger partial charge in [-0.1, -0.05) is 31.1 Å². The first kappa shape index (κ1) is 62.8. The zero-order chi connectivity index (χ0) is 51.5. The Morgan fingerprint density at radius 2 is 1.14 bits per heavy atom. The van der Waals surface area contributed by atoms with Crippen LogP contribution in [0.5, 0.6) is 0 Å². The molecule has 1 rings (SSSR count). The first-order valence-electron chi connectivity index (χ1n) is 23.2. The monoisotopic (exact) mass is 1000 g/mol. The second-order valence-corrected chi connectivity index (χ2v) is 15.4. The van der Waals surface area contributed by atoms with E-state index in [1.54, 1.807) is 38.1 Å². The highest BCUT2D eigenvalue weighted by Gasteiger charge is 2.29. The van der Waals surface area contributed by atoms with Crippen molar-refractivity contribution in [1.82, 2.24) is 26.2 Å². The summed E-state index contributed by atoms with van der Waals surface area (Å²) >= 11 is 0. The van der Waals surface area contributed by atoms with Crippen LogP contribution < -0.4 is 32.3 Å². The van der Waals surface area contributed by atoms with Gasteiger partial charge in [0.15, 0.2) is 0 Å². The third-order valence-electron chi connectivity index (χ3n) is 9.36. The van der Waals surface area contributed by atoms with E-state index >= 15 is 0 Å². The van der Waals surface area contributed by atoms with Crippen LogP contribution in [0.2, 0.25) is 0 Å². The van der Waals surface area contributed by atoms with Crippen LogP contribution in [-0.2, 0) is 73.2 Å². The molecule has 0 saturated carbocycles. The summed E-state index contributed by atoms with van der Waals surface area (Å²) in [7, 11) is 1.39. The molecule has 70 heavy (non-hydrogen) atoms. The van der Waals surface area contributed by atoms with E-state index in [1.807, 2.05) is 0 Å². The van der Waals surface area contributed by atoms with Gasteiger partial charge in [-0.2, -0.15) is 0 Å². The minimum atomic E-state index is -1.15. The van der Waals surface area contributed by atoms with Crippen molar-refractivity contribution in [3.05, 3.63) is 40.3 Å². The summed E-state index contributed by atoms with van der Waals surface area (Å²) in [6.45, 7) is 9.74. The summed E-state index contributed by atoms with van der Waals surface area (Å²) in [6.07, 6.45) is 0.260. The number of carbonyl (C=O) groups is 6. The van der Waals surface area contributed by atoms with E-state index in [1.165, 1.54) is 7.05 Å². The van der Waals surface area contributed by atoms with Crippen LogP contribution in [-0.4, -0.2) is 210 Å². The number of nitrogens with zero attached hydrogens (tertiary/aromatic N) is 4. The molecule has 2 atom stereocenters. The highest BCUT2D eigenvalue weighted by Crippen LogP contribution is 2.10. The lowest BCUT2D eigenvalue weighted by atomic mass is 10.0. The maximum atomic E-state index is 13.4. The molecule has 0 heterocycles. The standard InChI is InChI=1S/C44H76N10O16/c1-34(2)41(43(60)51-37(5-4-11-47-44(45)61)42(59)48-31-40(58)54(3)32-39(57)50-36-8-6-35(33-55)7-9-36)52-38(56)10-13-62-15-17-64-19-21-66-23-25-68-27-29-70-30-28-69-26-24-67-22-20-65-18-16-63-14-12-49-53-46/h6-9,34,37,41,55H,4-5,10-33H2,1-3H3,(H,48,59)(H,50,57)(H,51,60)(H,52,56)(H3,45,47,61). The average molecular weight is 1000 g/mol. The number of urea groups is 1. The molecule has 0 fully saturated rings. The van der Waals surface area contributed by atoms with Crippen molar-refractivity contribution in [3.8, 4) is 0 Å². The summed E-state index contributed by atoms with van der Waals surface area (Å²) in [5, 5.41) is 25.5. The van der Waals surface area contributed by atoms with E-state index < -0.39 is 54.2 Å². The van der Waals surface area contributed by atoms with Crippen LogP contribution >= 0.6 is 0 Å². The summed E-state index contributed by atoms with van der Waals surface area (Å²) in [4.78, 5) is 79.7. The van der Waals surface area contributed by atoms with E-state index in [0.29, 0.717) is 117 Å². The predicted molar refractivity (Wildman–Crippen MR) is 253 cm³/mol. The molecule has 2 unspecified atom stereocenters. The number of carbonyl (C=O) groups excluding carboxylic acids is 6. The number of aliphatic hydroxyl groups is 1. The maximum Gasteiger partial charge on any atom is 0.312 e. The Hall–Kier alpha value is -5.25. The molecule has 0 aromatic heterocycles. The summed E-state index contributed by atoms with van der Waals surface area (Å²) in [5.74, 6) is -3.20. The minimum Gasteiger partial charge on any atom is -0.392 e. The zero-order valence-corrected chi connectivity index (χ0v) is 40.9. The van der Waals surface area contributed by atoms with Gasteiger partial charge in [-0.15, -0.1) is 0 Å². The Labute approximate surface area is 409 Å². The Morgan fingerprint density at radius 1 is 0.671 bits per heavy atom. The zero-order valence-electron chi connectivity index (χ0n) is 40.9. The number of nitrogens with two attached hydrogens (primary N) is 1. The maximum absolute atomic E-state index is 13.4. The summed E-state index contributed by atoms with van der Waals surface area (Å²) in [6, 6.07) is 3.60. The molecule has 8 N–H and O–H groups in total. The van der Waals surface area contributed by atoms with Crippen molar-refractivity contribution < 1.29 is 76.5 Å². The SMILES string of the molecule is CC(C)C(NC(=O)CCOCCOCCOCCOCCOCCOCCOCCOCCOCCN=[N+]=[N-])C(=O)NC(CCCNC(N)=O)C(=O)NCC(=O)N(C)CC(=O)Nc1ccc(CO)cc1. The van der Waals surface area contributed by atoms with Gasteiger partial charge in [-0.3, -0.25) is 24.0 Å². The molecule has 1 aromatic carbocycles. The molecule has 0 saturated heterocycles. The molecule has 26 heteroatoms.